The molecule has 2 amide bonds. The first kappa shape index (κ1) is 15.3. The fourth-order valence-electron chi connectivity index (χ4n) is 3.76. The van der Waals surface area contributed by atoms with Crippen LogP contribution in [0.25, 0.3) is 0 Å². The molecule has 6 nitrogen and oxygen atoms in total. The number of nitrogens with one attached hydrogen (secondary N) is 1. The quantitative estimate of drug-likeness (QED) is 0.880. The molecule has 1 saturated heterocycles. The van der Waals surface area contributed by atoms with Crippen molar-refractivity contribution in [2.75, 3.05) is 18.4 Å². The molecular weight excluding hydrogens is 282 g/mol. The molecule has 0 bridgehead atoms. The lowest BCUT2D eigenvalue weighted by Gasteiger charge is -2.47. The Kier molecular flexibility index (Phi) is 4.12. The Bertz CT molecular complexity index is 557. The van der Waals surface area contributed by atoms with Crippen LogP contribution in [0.15, 0.2) is 4.52 Å². The summed E-state index contributed by atoms with van der Waals surface area (Å²) in [4.78, 5) is 14.3. The molecule has 0 aromatic carbocycles. The number of urea groups is 1. The van der Waals surface area contributed by atoms with Crippen molar-refractivity contribution < 1.29 is 14.4 Å². The Morgan fingerprint density at radius 2 is 2.32 bits per heavy atom. The van der Waals surface area contributed by atoms with Gasteiger partial charge in [0.2, 0.25) is 0 Å². The number of carbonyl (C=O) groups is 1. The molecule has 2 N–H and O–H groups in total. The molecule has 0 spiro atoms. The van der Waals surface area contributed by atoms with Crippen molar-refractivity contribution in [3.05, 3.63) is 11.5 Å². The first-order valence-electron chi connectivity index (χ1n) is 8.27. The predicted molar refractivity (Wildman–Crippen MR) is 82.7 cm³/mol. The molecule has 22 heavy (non-hydrogen) atoms. The lowest BCUT2D eigenvalue weighted by atomic mass is 9.71. The van der Waals surface area contributed by atoms with Crippen molar-refractivity contribution in [1.82, 2.24) is 10.1 Å². The van der Waals surface area contributed by atoms with Gasteiger partial charge in [0.25, 0.3) is 0 Å². The van der Waals surface area contributed by atoms with Crippen LogP contribution in [0.5, 0.6) is 0 Å². The molecule has 1 saturated carbocycles. The molecule has 122 valence electrons. The average Bonchev–Trinajstić information content (AvgIpc) is 2.86. The van der Waals surface area contributed by atoms with E-state index < -0.39 is 5.60 Å². The van der Waals surface area contributed by atoms with Gasteiger partial charge in [-0.2, -0.15) is 0 Å². The monoisotopic (exact) mass is 307 g/mol. The fraction of sp³-hybridized carbons (Fsp3) is 0.750. The van der Waals surface area contributed by atoms with Crippen LogP contribution in [0, 0.1) is 12.8 Å². The summed E-state index contributed by atoms with van der Waals surface area (Å²) in [6.07, 6.45) is 5.51. The maximum atomic E-state index is 12.5. The van der Waals surface area contributed by atoms with E-state index in [9.17, 15) is 9.90 Å². The molecule has 1 aromatic heterocycles. The summed E-state index contributed by atoms with van der Waals surface area (Å²) in [6.45, 7) is 5.02. The Hall–Kier alpha value is -1.56. The maximum Gasteiger partial charge on any atom is 0.322 e. The van der Waals surface area contributed by atoms with Crippen molar-refractivity contribution in [3.8, 4) is 0 Å². The average molecular weight is 307 g/mol. The molecule has 1 aromatic rings. The first-order chi connectivity index (χ1) is 10.5. The third-order valence-corrected chi connectivity index (χ3v) is 5.22. The van der Waals surface area contributed by atoms with Crippen LogP contribution in [0.2, 0.25) is 0 Å². The Morgan fingerprint density at radius 3 is 3.09 bits per heavy atom. The zero-order chi connectivity index (χ0) is 15.7. The van der Waals surface area contributed by atoms with Gasteiger partial charge in [-0.1, -0.05) is 24.9 Å². The second kappa shape index (κ2) is 5.91. The van der Waals surface area contributed by atoms with Gasteiger partial charge in [0.05, 0.1) is 5.60 Å². The SMILES string of the molecule is CCc1noc(C)c1NC(=O)N1CCC2(O)CCCCC2C1. The summed E-state index contributed by atoms with van der Waals surface area (Å²) in [5.74, 6) is 0.839. The van der Waals surface area contributed by atoms with E-state index in [0.717, 1.165) is 37.8 Å². The number of carbonyl (C=O) groups excluding carboxylic acids is 1. The van der Waals surface area contributed by atoms with E-state index in [2.05, 4.69) is 10.5 Å². The highest BCUT2D eigenvalue weighted by Crippen LogP contribution is 2.39. The van der Waals surface area contributed by atoms with Gasteiger partial charge in [-0.15, -0.1) is 0 Å². The highest BCUT2D eigenvalue weighted by atomic mass is 16.5. The standard InChI is InChI=1S/C16H25N3O3/c1-3-13-14(11(2)22-18-13)17-15(20)19-9-8-16(21)7-5-4-6-12(16)10-19/h12,21H,3-10H2,1-2H3,(H,17,20). The van der Waals surface area contributed by atoms with Crippen molar-refractivity contribution in [1.29, 1.82) is 0 Å². The van der Waals surface area contributed by atoms with Gasteiger partial charge in [0.1, 0.15) is 11.4 Å². The number of aryl methyl sites for hydroxylation is 2. The summed E-state index contributed by atoms with van der Waals surface area (Å²) in [5, 5.41) is 17.6. The number of likely N-dealkylation sites (tertiary alicyclic amines) is 1. The van der Waals surface area contributed by atoms with Crippen LogP contribution in [0.3, 0.4) is 0 Å². The molecule has 1 aliphatic carbocycles. The van der Waals surface area contributed by atoms with E-state index in [-0.39, 0.29) is 11.9 Å². The zero-order valence-electron chi connectivity index (χ0n) is 13.4. The number of hydrogen-bond donors (Lipinski definition) is 2. The Morgan fingerprint density at radius 1 is 1.50 bits per heavy atom. The van der Waals surface area contributed by atoms with Crippen LogP contribution in [0.4, 0.5) is 10.5 Å². The van der Waals surface area contributed by atoms with Gasteiger partial charge in [-0.25, -0.2) is 4.79 Å². The van der Waals surface area contributed by atoms with Gasteiger partial charge in [0, 0.05) is 19.0 Å². The van der Waals surface area contributed by atoms with Crippen LogP contribution in [-0.2, 0) is 6.42 Å². The molecule has 1 aliphatic heterocycles. The van der Waals surface area contributed by atoms with Gasteiger partial charge in [-0.3, -0.25) is 0 Å². The number of anilines is 1. The Labute approximate surface area is 130 Å². The lowest BCUT2D eigenvalue weighted by Crippen LogP contribution is -2.55. The summed E-state index contributed by atoms with van der Waals surface area (Å²) in [5.41, 5.74) is 0.908. The van der Waals surface area contributed by atoms with Crippen LogP contribution < -0.4 is 5.32 Å². The van der Waals surface area contributed by atoms with Crippen LogP contribution in [0.1, 0.15) is 50.5 Å². The summed E-state index contributed by atoms with van der Waals surface area (Å²) >= 11 is 0. The van der Waals surface area contributed by atoms with Crippen LogP contribution in [-0.4, -0.2) is 39.9 Å². The van der Waals surface area contributed by atoms with E-state index in [1.807, 2.05) is 11.8 Å². The smallest absolute Gasteiger partial charge is 0.322 e. The number of hydrogen-bond acceptors (Lipinski definition) is 4. The second-order valence-electron chi connectivity index (χ2n) is 6.59. The third kappa shape index (κ3) is 2.72. The molecule has 0 radical (unpaired) electrons. The molecule has 2 atom stereocenters. The molecule has 3 rings (SSSR count). The number of fused-ring (bicyclic) bond motifs is 1. The fourth-order valence-corrected chi connectivity index (χ4v) is 3.76. The van der Waals surface area contributed by atoms with E-state index in [1.54, 1.807) is 6.92 Å². The molecule has 6 heteroatoms. The number of rotatable bonds is 2. The van der Waals surface area contributed by atoms with E-state index in [0.29, 0.717) is 31.0 Å². The molecule has 2 unspecified atom stereocenters. The van der Waals surface area contributed by atoms with Crippen molar-refractivity contribution in [2.45, 2.75) is 58.0 Å². The minimum absolute atomic E-state index is 0.117. The van der Waals surface area contributed by atoms with Crippen molar-refractivity contribution in [3.63, 3.8) is 0 Å². The van der Waals surface area contributed by atoms with E-state index in [1.165, 1.54) is 0 Å². The molecular formula is C16H25N3O3. The first-order valence-corrected chi connectivity index (χ1v) is 8.27. The topological polar surface area (TPSA) is 78.6 Å². The number of piperidine rings is 1. The summed E-state index contributed by atoms with van der Waals surface area (Å²) in [7, 11) is 0. The van der Waals surface area contributed by atoms with Gasteiger partial charge < -0.3 is 19.8 Å². The summed E-state index contributed by atoms with van der Waals surface area (Å²) < 4.78 is 5.15. The van der Waals surface area contributed by atoms with Crippen molar-refractivity contribution in [2.24, 2.45) is 5.92 Å². The zero-order valence-corrected chi connectivity index (χ0v) is 13.4. The number of amides is 2. The predicted octanol–water partition coefficient (Wildman–Crippen LogP) is 2.70. The van der Waals surface area contributed by atoms with Crippen LogP contribution >= 0.6 is 0 Å². The number of aliphatic hydroxyl groups is 1. The normalized spacial score (nSPS) is 28.3. The van der Waals surface area contributed by atoms with Gasteiger partial charge >= 0.3 is 6.03 Å². The number of nitrogens with zero attached hydrogens (tertiary/aromatic N) is 2. The minimum Gasteiger partial charge on any atom is -0.389 e. The van der Waals surface area contributed by atoms with Gasteiger partial charge in [0.15, 0.2) is 5.76 Å². The van der Waals surface area contributed by atoms with Crippen molar-refractivity contribution >= 4 is 11.7 Å². The maximum absolute atomic E-state index is 12.5. The second-order valence-corrected chi connectivity index (χ2v) is 6.59. The molecule has 2 fully saturated rings. The molecule has 2 heterocycles. The highest BCUT2D eigenvalue weighted by molar-refractivity contribution is 5.90. The Balaban J connectivity index is 1.67. The molecule has 2 aliphatic rings. The van der Waals surface area contributed by atoms with Gasteiger partial charge in [-0.05, 0) is 32.6 Å². The summed E-state index contributed by atoms with van der Waals surface area (Å²) in [6, 6.07) is -0.117. The minimum atomic E-state index is -0.559. The third-order valence-electron chi connectivity index (χ3n) is 5.22. The van der Waals surface area contributed by atoms with E-state index >= 15 is 0 Å². The highest BCUT2D eigenvalue weighted by Gasteiger charge is 2.43. The van der Waals surface area contributed by atoms with E-state index in [4.69, 9.17) is 4.52 Å². The largest absolute Gasteiger partial charge is 0.389 e. The lowest BCUT2D eigenvalue weighted by molar-refractivity contribution is -0.0863. The number of aromatic nitrogens is 1.